The zero-order valence-electron chi connectivity index (χ0n) is 12.3. The van der Waals surface area contributed by atoms with Gasteiger partial charge in [0.25, 0.3) is 0 Å². The van der Waals surface area contributed by atoms with Crippen molar-refractivity contribution in [3.05, 3.63) is 47.3 Å². The molecule has 1 N–H and O–H groups in total. The largest absolute Gasteiger partial charge is 0.361 e. The molecule has 0 aliphatic heterocycles. The maximum absolute atomic E-state index is 12.2. The van der Waals surface area contributed by atoms with Crippen LogP contribution in [0.15, 0.2) is 34.9 Å². The second kappa shape index (κ2) is 6.12. The van der Waals surface area contributed by atoms with Crippen molar-refractivity contribution in [1.29, 1.82) is 0 Å². The molecule has 0 spiro atoms. The number of rotatable bonds is 4. The van der Waals surface area contributed by atoms with Crippen molar-refractivity contribution in [1.82, 2.24) is 5.16 Å². The Bertz CT molecular complexity index is 619. The van der Waals surface area contributed by atoms with Crippen LogP contribution in [-0.4, -0.2) is 11.1 Å². The molecule has 0 saturated heterocycles. The van der Waals surface area contributed by atoms with Gasteiger partial charge in [-0.2, -0.15) is 0 Å². The van der Waals surface area contributed by atoms with Gasteiger partial charge in [-0.05, 0) is 31.4 Å². The van der Waals surface area contributed by atoms with E-state index in [1.54, 1.807) is 0 Å². The highest BCUT2D eigenvalue weighted by molar-refractivity contribution is 5.92. The van der Waals surface area contributed by atoms with Gasteiger partial charge in [-0.1, -0.05) is 30.3 Å². The molecule has 110 valence electrons. The first-order chi connectivity index (χ1) is 10.2. The number of fused-ring (bicyclic) bond motifs is 1. The number of nitrogens with zero attached hydrogens (tertiary/aromatic N) is 1. The molecule has 0 radical (unpaired) electrons. The number of carbonyl (C=O) groups excluding carboxylic acids is 1. The van der Waals surface area contributed by atoms with Crippen molar-refractivity contribution in [2.75, 3.05) is 5.32 Å². The van der Waals surface area contributed by atoms with Crippen LogP contribution in [-0.2, 0) is 24.1 Å². The molecule has 1 aromatic heterocycles. The molecule has 1 amide bonds. The third-order valence-electron chi connectivity index (χ3n) is 4.02. The normalized spacial score (nSPS) is 15.3. The molecule has 0 unspecified atom stereocenters. The lowest BCUT2D eigenvalue weighted by molar-refractivity contribution is -0.119. The van der Waals surface area contributed by atoms with Crippen molar-refractivity contribution in [2.24, 2.45) is 5.92 Å². The van der Waals surface area contributed by atoms with E-state index < -0.39 is 0 Å². The third kappa shape index (κ3) is 3.15. The van der Waals surface area contributed by atoms with E-state index in [9.17, 15) is 4.79 Å². The van der Waals surface area contributed by atoms with E-state index in [0.29, 0.717) is 6.42 Å². The molecule has 1 heterocycles. The van der Waals surface area contributed by atoms with Crippen LogP contribution in [0.25, 0.3) is 0 Å². The molecular formula is C17H20N2O2. The van der Waals surface area contributed by atoms with Crippen LogP contribution >= 0.6 is 0 Å². The fourth-order valence-electron chi connectivity index (χ4n) is 2.78. The average Bonchev–Trinajstić information content (AvgIpc) is 2.91. The molecule has 0 saturated carbocycles. The standard InChI is InChI=1S/C17H20N2O2/c1-12(17(20)18-13-7-3-2-4-8-13)11-15-14-9-5-6-10-16(14)21-19-15/h2-4,7-8,12H,5-6,9-11H2,1H3,(H,18,20)/t12-/m0/s1. The monoisotopic (exact) mass is 284 g/mol. The number of aryl methyl sites for hydroxylation is 1. The van der Waals surface area contributed by atoms with Gasteiger partial charge in [0.1, 0.15) is 5.76 Å². The third-order valence-corrected chi connectivity index (χ3v) is 4.02. The number of carbonyl (C=O) groups is 1. The van der Waals surface area contributed by atoms with Gasteiger partial charge < -0.3 is 9.84 Å². The maximum atomic E-state index is 12.2. The number of amides is 1. The first kappa shape index (κ1) is 13.9. The molecule has 1 aliphatic rings. The number of nitrogens with one attached hydrogen (secondary N) is 1. The molecule has 0 bridgehead atoms. The van der Waals surface area contributed by atoms with Gasteiger partial charge in [0.15, 0.2) is 0 Å². The summed E-state index contributed by atoms with van der Waals surface area (Å²) >= 11 is 0. The van der Waals surface area contributed by atoms with Crippen molar-refractivity contribution in [3.8, 4) is 0 Å². The molecule has 1 aromatic carbocycles. The number of para-hydroxylation sites is 1. The molecule has 4 heteroatoms. The number of aromatic nitrogens is 1. The lowest BCUT2D eigenvalue weighted by atomic mass is 9.93. The summed E-state index contributed by atoms with van der Waals surface area (Å²) in [6.07, 6.45) is 5.00. The van der Waals surface area contributed by atoms with Crippen LogP contribution in [0, 0.1) is 5.92 Å². The van der Waals surface area contributed by atoms with Gasteiger partial charge >= 0.3 is 0 Å². The van der Waals surface area contributed by atoms with E-state index in [0.717, 1.165) is 30.0 Å². The predicted octanol–water partition coefficient (Wildman–Crippen LogP) is 3.37. The SMILES string of the molecule is C[C@@H](Cc1noc2c1CCCC2)C(=O)Nc1ccccc1. The number of hydrogen-bond donors (Lipinski definition) is 1. The highest BCUT2D eigenvalue weighted by Crippen LogP contribution is 2.26. The van der Waals surface area contributed by atoms with E-state index in [1.165, 1.54) is 18.4 Å². The van der Waals surface area contributed by atoms with E-state index >= 15 is 0 Å². The van der Waals surface area contributed by atoms with Crippen LogP contribution in [0.4, 0.5) is 5.69 Å². The second-order valence-electron chi connectivity index (χ2n) is 5.70. The van der Waals surface area contributed by atoms with E-state index in [1.807, 2.05) is 37.3 Å². The van der Waals surface area contributed by atoms with Gasteiger partial charge in [0.2, 0.25) is 5.91 Å². The van der Waals surface area contributed by atoms with Gasteiger partial charge in [-0.25, -0.2) is 0 Å². The highest BCUT2D eigenvalue weighted by Gasteiger charge is 2.23. The van der Waals surface area contributed by atoms with Crippen molar-refractivity contribution < 1.29 is 9.32 Å². The van der Waals surface area contributed by atoms with Crippen LogP contribution in [0.2, 0.25) is 0 Å². The van der Waals surface area contributed by atoms with Crippen LogP contribution in [0.5, 0.6) is 0 Å². The lowest BCUT2D eigenvalue weighted by Gasteiger charge is -2.13. The van der Waals surface area contributed by atoms with Crippen molar-refractivity contribution in [2.45, 2.75) is 39.0 Å². The molecule has 3 rings (SSSR count). The van der Waals surface area contributed by atoms with Crippen LogP contribution in [0.1, 0.15) is 36.8 Å². The summed E-state index contributed by atoms with van der Waals surface area (Å²) in [5.41, 5.74) is 3.03. The Morgan fingerprint density at radius 1 is 1.29 bits per heavy atom. The molecule has 4 nitrogen and oxygen atoms in total. The molecule has 0 fully saturated rings. The van der Waals surface area contributed by atoms with Gasteiger partial charge in [0, 0.05) is 30.0 Å². The predicted molar refractivity (Wildman–Crippen MR) is 81.1 cm³/mol. The van der Waals surface area contributed by atoms with E-state index in [-0.39, 0.29) is 11.8 Å². The fourth-order valence-corrected chi connectivity index (χ4v) is 2.78. The number of benzene rings is 1. The Balaban J connectivity index is 1.64. The Hall–Kier alpha value is -2.10. The summed E-state index contributed by atoms with van der Waals surface area (Å²) in [4.78, 5) is 12.2. The van der Waals surface area contributed by atoms with Crippen LogP contribution < -0.4 is 5.32 Å². The summed E-state index contributed by atoms with van der Waals surface area (Å²) < 4.78 is 5.40. The zero-order chi connectivity index (χ0) is 14.7. The summed E-state index contributed by atoms with van der Waals surface area (Å²) in [5.74, 6) is 0.919. The molecule has 1 atom stereocenters. The van der Waals surface area contributed by atoms with Gasteiger partial charge in [-0.15, -0.1) is 0 Å². The number of anilines is 1. The first-order valence-electron chi connectivity index (χ1n) is 7.56. The fraction of sp³-hybridized carbons (Fsp3) is 0.412. The van der Waals surface area contributed by atoms with Gasteiger partial charge in [0.05, 0.1) is 5.69 Å². The topological polar surface area (TPSA) is 55.1 Å². The second-order valence-corrected chi connectivity index (χ2v) is 5.70. The average molecular weight is 284 g/mol. The van der Waals surface area contributed by atoms with Crippen molar-refractivity contribution in [3.63, 3.8) is 0 Å². The van der Waals surface area contributed by atoms with Crippen molar-refractivity contribution >= 4 is 11.6 Å². The minimum atomic E-state index is -0.124. The quantitative estimate of drug-likeness (QED) is 0.936. The lowest BCUT2D eigenvalue weighted by Crippen LogP contribution is -2.22. The Morgan fingerprint density at radius 3 is 2.86 bits per heavy atom. The zero-order valence-corrected chi connectivity index (χ0v) is 12.3. The molecule has 2 aromatic rings. The summed E-state index contributed by atoms with van der Waals surface area (Å²) in [6.45, 7) is 1.93. The molecular weight excluding hydrogens is 264 g/mol. The molecule has 21 heavy (non-hydrogen) atoms. The molecule has 1 aliphatic carbocycles. The van der Waals surface area contributed by atoms with E-state index in [2.05, 4.69) is 10.5 Å². The minimum absolute atomic E-state index is 0.0220. The summed E-state index contributed by atoms with van der Waals surface area (Å²) in [6, 6.07) is 9.54. The first-order valence-corrected chi connectivity index (χ1v) is 7.56. The minimum Gasteiger partial charge on any atom is -0.361 e. The Kier molecular flexibility index (Phi) is 4.04. The van der Waals surface area contributed by atoms with Crippen LogP contribution in [0.3, 0.4) is 0 Å². The summed E-state index contributed by atoms with van der Waals surface area (Å²) in [5, 5.41) is 7.11. The number of hydrogen-bond acceptors (Lipinski definition) is 3. The Labute approximate surface area is 124 Å². The highest BCUT2D eigenvalue weighted by atomic mass is 16.5. The smallest absolute Gasteiger partial charge is 0.227 e. The maximum Gasteiger partial charge on any atom is 0.227 e. The van der Waals surface area contributed by atoms with E-state index in [4.69, 9.17) is 4.52 Å². The van der Waals surface area contributed by atoms with Gasteiger partial charge in [-0.3, -0.25) is 4.79 Å². The Morgan fingerprint density at radius 2 is 2.05 bits per heavy atom. The summed E-state index contributed by atoms with van der Waals surface area (Å²) in [7, 11) is 0.